The van der Waals surface area contributed by atoms with Gasteiger partial charge in [-0.1, -0.05) is 12.1 Å². The van der Waals surface area contributed by atoms with Gasteiger partial charge in [-0.2, -0.15) is 0 Å². The van der Waals surface area contributed by atoms with Gasteiger partial charge in [0.1, 0.15) is 5.75 Å². The van der Waals surface area contributed by atoms with Gasteiger partial charge in [0.15, 0.2) is 6.61 Å². The lowest BCUT2D eigenvalue weighted by Gasteiger charge is -2.18. The molecule has 0 aliphatic carbocycles. The molecule has 7 heteroatoms. The van der Waals surface area contributed by atoms with Crippen molar-refractivity contribution >= 4 is 17.8 Å². The van der Waals surface area contributed by atoms with Crippen molar-refractivity contribution in [2.24, 2.45) is 5.92 Å². The topological polar surface area (TPSA) is 87.2 Å². The lowest BCUT2D eigenvalue weighted by atomic mass is 10.1. The number of likely N-dealkylation sites (N-methyl/N-ethyl adjacent to an activating group) is 1. The van der Waals surface area contributed by atoms with Crippen LogP contribution in [0.5, 0.6) is 5.75 Å². The van der Waals surface area contributed by atoms with Crippen molar-refractivity contribution in [1.82, 2.24) is 9.80 Å². The molecule has 1 aromatic rings. The van der Waals surface area contributed by atoms with E-state index in [9.17, 15) is 14.4 Å². The molecule has 1 fully saturated rings. The number of carbonyl (C=O) groups is 3. The number of hydrogen-bond donors (Lipinski definition) is 1. The van der Waals surface area contributed by atoms with Crippen molar-refractivity contribution < 1.29 is 24.2 Å². The molecule has 1 aliphatic rings. The van der Waals surface area contributed by atoms with Crippen LogP contribution in [-0.4, -0.2) is 66.5 Å². The van der Waals surface area contributed by atoms with E-state index in [0.717, 1.165) is 0 Å². The lowest BCUT2D eigenvalue weighted by molar-refractivity contribution is -0.141. The number of nitrogens with zero attached hydrogens (tertiary/aromatic N) is 2. The normalized spacial score (nSPS) is 17.0. The van der Waals surface area contributed by atoms with Gasteiger partial charge in [0.05, 0.1) is 11.5 Å². The van der Waals surface area contributed by atoms with Gasteiger partial charge in [-0.3, -0.25) is 14.4 Å². The van der Waals surface area contributed by atoms with Gasteiger partial charge in [0, 0.05) is 27.2 Å². The van der Waals surface area contributed by atoms with E-state index < -0.39 is 11.9 Å². The molecule has 0 spiro atoms. The first-order valence-electron chi connectivity index (χ1n) is 7.34. The Morgan fingerprint density at radius 3 is 2.61 bits per heavy atom. The summed E-state index contributed by atoms with van der Waals surface area (Å²) in [6, 6.07) is 6.67. The van der Waals surface area contributed by atoms with Crippen LogP contribution in [0.1, 0.15) is 16.8 Å². The van der Waals surface area contributed by atoms with Crippen molar-refractivity contribution in [3.05, 3.63) is 29.8 Å². The third-order valence-corrected chi connectivity index (χ3v) is 3.79. The first-order chi connectivity index (χ1) is 10.9. The number of carboxylic acid groups (broad SMARTS) is 1. The molecule has 1 N–H and O–H groups in total. The fourth-order valence-electron chi connectivity index (χ4n) is 2.35. The van der Waals surface area contributed by atoms with Crippen LogP contribution in [0.2, 0.25) is 0 Å². The number of likely N-dealkylation sites (tertiary alicyclic amines) is 1. The van der Waals surface area contributed by atoms with Crippen LogP contribution >= 0.6 is 0 Å². The summed E-state index contributed by atoms with van der Waals surface area (Å²) in [5.74, 6) is -1.57. The molecule has 0 bridgehead atoms. The molecule has 124 valence electrons. The fraction of sp³-hybridized carbons (Fsp3) is 0.438. The molecule has 1 unspecified atom stereocenters. The molecule has 1 saturated heterocycles. The van der Waals surface area contributed by atoms with Crippen LogP contribution in [0, 0.1) is 5.92 Å². The summed E-state index contributed by atoms with van der Waals surface area (Å²) in [7, 11) is 3.25. The number of amides is 2. The number of benzene rings is 1. The van der Waals surface area contributed by atoms with Crippen LogP contribution < -0.4 is 4.74 Å². The molecule has 1 heterocycles. The Balaban J connectivity index is 2.09. The molecular formula is C16H20N2O5. The van der Waals surface area contributed by atoms with Crippen molar-refractivity contribution in [3.8, 4) is 5.75 Å². The second-order valence-corrected chi connectivity index (χ2v) is 5.65. The van der Waals surface area contributed by atoms with Crippen molar-refractivity contribution in [3.63, 3.8) is 0 Å². The maximum absolute atomic E-state index is 12.6. The first kappa shape index (κ1) is 16.8. The van der Waals surface area contributed by atoms with E-state index in [1.54, 1.807) is 38.4 Å². The van der Waals surface area contributed by atoms with Gasteiger partial charge >= 0.3 is 5.97 Å². The van der Waals surface area contributed by atoms with Crippen LogP contribution in [0.15, 0.2) is 24.3 Å². The molecule has 0 radical (unpaired) electrons. The summed E-state index contributed by atoms with van der Waals surface area (Å²) in [5, 5.41) is 9.03. The number of carboxylic acids is 1. The monoisotopic (exact) mass is 320 g/mol. The molecule has 1 aliphatic heterocycles. The van der Waals surface area contributed by atoms with Crippen molar-refractivity contribution in [2.45, 2.75) is 6.42 Å². The molecule has 0 saturated carbocycles. The lowest BCUT2D eigenvalue weighted by Crippen LogP contribution is -2.31. The Bertz CT molecular complexity index is 614. The van der Waals surface area contributed by atoms with Crippen LogP contribution in [0.3, 0.4) is 0 Å². The summed E-state index contributed by atoms with van der Waals surface area (Å²) in [5.41, 5.74) is 0.338. The van der Waals surface area contributed by atoms with Crippen molar-refractivity contribution in [2.75, 3.05) is 33.8 Å². The summed E-state index contributed by atoms with van der Waals surface area (Å²) < 4.78 is 5.46. The largest absolute Gasteiger partial charge is 0.483 e. The number of hydrogen-bond acceptors (Lipinski definition) is 4. The molecular weight excluding hydrogens is 300 g/mol. The number of rotatable bonds is 5. The molecule has 1 aromatic carbocycles. The number of carbonyl (C=O) groups excluding carboxylic acids is 2. The van der Waals surface area contributed by atoms with Crippen LogP contribution in [0.25, 0.3) is 0 Å². The highest BCUT2D eigenvalue weighted by Gasteiger charge is 2.32. The highest BCUT2D eigenvalue weighted by molar-refractivity contribution is 5.97. The summed E-state index contributed by atoms with van der Waals surface area (Å²) in [6.45, 7) is 0.439. The van der Waals surface area contributed by atoms with Gasteiger partial charge in [-0.15, -0.1) is 0 Å². The Kier molecular flexibility index (Phi) is 5.20. The van der Waals surface area contributed by atoms with Gasteiger partial charge in [0.25, 0.3) is 11.8 Å². The Hall–Kier alpha value is -2.57. The third kappa shape index (κ3) is 4.00. The highest BCUT2D eigenvalue weighted by Crippen LogP contribution is 2.24. The van der Waals surface area contributed by atoms with E-state index in [1.165, 1.54) is 9.80 Å². The number of aliphatic carboxylic acids is 1. The average molecular weight is 320 g/mol. The molecule has 1 atom stereocenters. The number of ether oxygens (including phenoxy) is 1. The van der Waals surface area contributed by atoms with Gasteiger partial charge in [0.2, 0.25) is 0 Å². The second kappa shape index (κ2) is 7.13. The third-order valence-electron chi connectivity index (χ3n) is 3.79. The number of para-hydroxylation sites is 1. The van der Waals surface area contributed by atoms with E-state index in [2.05, 4.69) is 0 Å². The Morgan fingerprint density at radius 1 is 1.30 bits per heavy atom. The van der Waals surface area contributed by atoms with Crippen LogP contribution in [0.4, 0.5) is 0 Å². The molecule has 2 amide bonds. The quantitative estimate of drug-likeness (QED) is 0.863. The zero-order chi connectivity index (χ0) is 17.0. The Morgan fingerprint density at radius 2 is 2.00 bits per heavy atom. The molecule has 0 aromatic heterocycles. The van der Waals surface area contributed by atoms with E-state index in [0.29, 0.717) is 24.3 Å². The predicted molar refractivity (Wildman–Crippen MR) is 82.3 cm³/mol. The SMILES string of the molecule is CN(C)C(=O)COc1ccccc1C(=O)N1CCC(C(=O)O)C1. The van der Waals surface area contributed by atoms with Gasteiger partial charge in [-0.05, 0) is 18.6 Å². The minimum Gasteiger partial charge on any atom is -0.483 e. The maximum atomic E-state index is 12.6. The minimum absolute atomic E-state index is 0.158. The first-order valence-corrected chi connectivity index (χ1v) is 7.34. The smallest absolute Gasteiger partial charge is 0.308 e. The van der Waals surface area contributed by atoms with Gasteiger partial charge < -0.3 is 19.6 Å². The highest BCUT2D eigenvalue weighted by atomic mass is 16.5. The summed E-state index contributed by atoms with van der Waals surface area (Å²) in [4.78, 5) is 38.1. The summed E-state index contributed by atoms with van der Waals surface area (Å²) in [6.07, 6.45) is 0.448. The van der Waals surface area contributed by atoms with Gasteiger partial charge in [-0.25, -0.2) is 0 Å². The summed E-state index contributed by atoms with van der Waals surface area (Å²) >= 11 is 0. The molecule has 23 heavy (non-hydrogen) atoms. The molecule has 2 rings (SSSR count). The van der Waals surface area contributed by atoms with E-state index in [4.69, 9.17) is 9.84 Å². The van der Waals surface area contributed by atoms with Crippen LogP contribution in [-0.2, 0) is 9.59 Å². The minimum atomic E-state index is -0.888. The predicted octanol–water partition coefficient (Wildman–Crippen LogP) is 0.700. The molecule has 7 nitrogen and oxygen atoms in total. The fourth-order valence-corrected chi connectivity index (χ4v) is 2.35. The van der Waals surface area contributed by atoms with Crippen molar-refractivity contribution in [1.29, 1.82) is 0 Å². The van der Waals surface area contributed by atoms with E-state index in [-0.39, 0.29) is 25.0 Å². The second-order valence-electron chi connectivity index (χ2n) is 5.65. The van der Waals surface area contributed by atoms with E-state index in [1.807, 2.05) is 0 Å². The zero-order valence-electron chi connectivity index (χ0n) is 13.2. The Labute approximate surface area is 134 Å². The maximum Gasteiger partial charge on any atom is 0.308 e. The average Bonchev–Trinajstić information content (AvgIpc) is 3.02. The zero-order valence-corrected chi connectivity index (χ0v) is 13.2. The van der Waals surface area contributed by atoms with E-state index >= 15 is 0 Å². The standard InChI is InChI=1S/C16H20N2O5/c1-17(2)14(19)10-23-13-6-4-3-5-12(13)15(20)18-8-7-11(9-18)16(21)22/h3-6,11H,7-10H2,1-2H3,(H,21,22).